The number of hydrogen-bond donors (Lipinski definition) is 2. The molecule has 0 aliphatic carbocycles. The number of alkyl halides is 3. The highest BCUT2D eigenvalue weighted by molar-refractivity contribution is 7.92. The molecule has 12 nitrogen and oxygen atoms in total. The fourth-order valence-corrected chi connectivity index (χ4v) is 5.27. The second kappa shape index (κ2) is 12.0. The minimum absolute atomic E-state index is 0.0145. The van der Waals surface area contributed by atoms with Crippen LogP contribution in [0.15, 0.2) is 71.8 Å². The Labute approximate surface area is 255 Å². The second-order valence-electron chi connectivity index (χ2n) is 9.96. The number of amides is 1. The predicted octanol–water partition coefficient (Wildman–Crippen LogP) is 5.40. The van der Waals surface area contributed by atoms with E-state index in [4.69, 9.17) is 9.47 Å². The van der Waals surface area contributed by atoms with Gasteiger partial charge in [-0.25, -0.2) is 17.9 Å². The summed E-state index contributed by atoms with van der Waals surface area (Å²) in [4.78, 5) is 25.2. The Kier molecular flexibility index (Phi) is 8.34. The minimum Gasteiger partial charge on any atom is -0.481 e. The lowest BCUT2D eigenvalue weighted by atomic mass is 10.0. The van der Waals surface area contributed by atoms with E-state index in [0.717, 1.165) is 17.8 Å². The van der Waals surface area contributed by atoms with Gasteiger partial charge in [0.1, 0.15) is 5.56 Å². The number of fused-ring (bicyclic) bond motifs is 1. The number of rotatable bonds is 9. The molecule has 2 aromatic carbocycles. The molecule has 5 aromatic rings. The molecule has 16 heteroatoms. The standard InChI is InChI=1S/C29H26F3N7O5S/c1-16(2)17-5-7-18(8-6-17)22-13-23(29(30,31)32)39-26(35-22)21(15-33-39)27(40)34-19-9-11-20(12-10-19)45(41,42)38-24-14-25(43-3)37-28(36-24)44-4/h5-16H,1-4H3,(H,34,40)(H,36,37,38). The smallest absolute Gasteiger partial charge is 0.433 e. The van der Waals surface area contributed by atoms with E-state index in [9.17, 15) is 26.4 Å². The molecule has 5 rings (SSSR count). The molecule has 0 aliphatic heterocycles. The fraction of sp³-hybridized carbons (Fsp3) is 0.207. The number of hydrogen-bond acceptors (Lipinski definition) is 9. The van der Waals surface area contributed by atoms with Crippen molar-refractivity contribution in [2.24, 2.45) is 0 Å². The van der Waals surface area contributed by atoms with Crippen molar-refractivity contribution >= 4 is 33.1 Å². The Balaban J connectivity index is 1.41. The van der Waals surface area contributed by atoms with Crippen molar-refractivity contribution < 1.29 is 35.9 Å². The summed E-state index contributed by atoms with van der Waals surface area (Å²) in [6.45, 7) is 3.99. The van der Waals surface area contributed by atoms with Gasteiger partial charge in [0.25, 0.3) is 15.9 Å². The normalized spacial score (nSPS) is 11.9. The van der Waals surface area contributed by atoms with Crippen molar-refractivity contribution in [2.45, 2.75) is 30.8 Å². The van der Waals surface area contributed by atoms with E-state index in [1.807, 2.05) is 26.0 Å². The van der Waals surface area contributed by atoms with E-state index in [-0.39, 0.29) is 51.1 Å². The number of aromatic nitrogens is 5. The highest BCUT2D eigenvalue weighted by Crippen LogP contribution is 2.33. The molecule has 3 heterocycles. The fourth-order valence-electron chi connectivity index (χ4n) is 4.28. The molecule has 0 atom stereocenters. The number of anilines is 2. The maximum absolute atomic E-state index is 14.0. The molecule has 234 valence electrons. The van der Waals surface area contributed by atoms with Crippen LogP contribution in [-0.4, -0.2) is 53.1 Å². The molecule has 2 N–H and O–H groups in total. The number of carbonyl (C=O) groups is 1. The van der Waals surface area contributed by atoms with Crippen LogP contribution in [0.25, 0.3) is 16.9 Å². The molecule has 0 fully saturated rings. The van der Waals surface area contributed by atoms with Crippen molar-refractivity contribution in [2.75, 3.05) is 24.3 Å². The summed E-state index contributed by atoms with van der Waals surface area (Å²) in [5.74, 6) is -0.613. The van der Waals surface area contributed by atoms with Gasteiger partial charge in [-0.15, -0.1) is 0 Å². The molecule has 0 unspecified atom stereocenters. The van der Waals surface area contributed by atoms with Gasteiger partial charge in [-0.1, -0.05) is 38.1 Å². The molecule has 0 bridgehead atoms. The first-order valence-corrected chi connectivity index (χ1v) is 14.7. The molecule has 0 aliphatic rings. The largest absolute Gasteiger partial charge is 0.481 e. The lowest BCUT2D eigenvalue weighted by molar-refractivity contribution is -0.142. The Hall–Kier alpha value is -5.25. The van der Waals surface area contributed by atoms with Gasteiger partial charge >= 0.3 is 12.2 Å². The Bertz CT molecular complexity index is 1960. The van der Waals surface area contributed by atoms with Crippen LogP contribution < -0.4 is 19.5 Å². The van der Waals surface area contributed by atoms with Crippen LogP contribution in [0.2, 0.25) is 0 Å². The number of ether oxygens (including phenoxy) is 2. The summed E-state index contributed by atoms with van der Waals surface area (Å²) in [5, 5.41) is 6.34. The zero-order chi connectivity index (χ0) is 32.5. The maximum atomic E-state index is 14.0. The first-order chi connectivity index (χ1) is 21.3. The van der Waals surface area contributed by atoms with Gasteiger partial charge in [0.05, 0.1) is 31.0 Å². The van der Waals surface area contributed by atoms with Gasteiger partial charge in [-0.3, -0.25) is 9.52 Å². The average molecular weight is 642 g/mol. The number of nitrogens with one attached hydrogen (secondary N) is 2. The lowest BCUT2D eigenvalue weighted by Gasteiger charge is -2.12. The summed E-state index contributed by atoms with van der Waals surface area (Å²) in [5.41, 5.74) is 0.000400. The Morgan fingerprint density at radius 3 is 2.22 bits per heavy atom. The minimum atomic E-state index is -4.79. The summed E-state index contributed by atoms with van der Waals surface area (Å²) in [7, 11) is -1.48. The van der Waals surface area contributed by atoms with E-state index in [2.05, 4.69) is 30.1 Å². The van der Waals surface area contributed by atoms with Crippen molar-refractivity contribution in [1.29, 1.82) is 0 Å². The number of halogens is 3. The average Bonchev–Trinajstić information content (AvgIpc) is 3.44. The van der Waals surface area contributed by atoms with E-state index in [1.54, 1.807) is 12.1 Å². The van der Waals surface area contributed by atoms with E-state index >= 15 is 0 Å². The lowest BCUT2D eigenvalue weighted by Crippen LogP contribution is -2.16. The number of carbonyl (C=O) groups excluding carboxylic acids is 1. The van der Waals surface area contributed by atoms with Crippen LogP contribution in [0, 0.1) is 0 Å². The van der Waals surface area contributed by atoms with Gasteiger partial charge < -0.3 is 14.8 Å². The van der Waals surface area contributed by atoms with Crippen molar-refractivity contribution in [3.8, 4) is 23.1 Å². The number of nitrogens with zero attached hydrogens (tertiary/aromatic N) is 5. The van der Waals surface area contributed by atoms with Crippen LogP contribution in [0.4, 0.5) is 24.7 Å². The molecule has 0 saturated heterocycles. The number of benzene rings is 2. The Morgan fingerprint density at radius 1 is 0.933 bits per heavy atom. The molecule has 0 saturated carbocycles. The maximum Gasteiger partial charge on any atom is 0.433 e. The van der Waals surface area contributed by atoms with E-state index in [0.29, 0.717) is 10.1 Å². The van der Waals surface area contributed by atoms with Crippen LogP contribution in [-0.2, 0) is 16.2 Å². The molecule has 0 radical (unpaired) electrons. The molecule has 45 heavy (non-hydrogen) atoms. The van der Waals surface area contributed by atoms with Crippen molar-refractivity contribution in [3.63, 3.8) is 0 Å². The molecule has 3 aromatic heterocycles. The summed E-state index contributed by atoms with van der Waals surface area (Å²) >= 11 is 0. The zero-order valence-corrected chi connectivity index (χ0v) is 25.1. The van der Waals surface area contributed by atoms with Gasteiger partial charge in [0.2, 0.25) is 5.88 Å². The van der Waals surface area contributed by atoms with Crippen molar-refractivity contribution in [1.82, 2.24) is 24.6 Å². The highest BCUT2D eigenvalue weighted by atomic mass is 32.2. The van der Waals surface area contributed by atoms with Crippen molar-refractivity contribution in [3.05, 3.63) is 83.7 Å². The Morgan fingerprint density at radius 2 is 1.62 bits per heavy atom. The van der Waals surface area contributed by atoms with E-state index in [1.165, 1.54) is 44.6 Å². The van der Waals surface area contributed by atoms with Crippen LogP contribution in [0.3, 0.4) is 0 Å². The van der Waals surface area contributed by atoms with Gasteiger partial charge in [0, 0.05) is 17.3 Å². The summed E-state index contributed by atoms with van der Waals surface area (Å²) in [6, 6.07) is 14.1. The molecular weight excluding hydrogens is 615 g/mol. The van der Waals surface area contributed by atoms with Crippen LogP contribution in [0.1, 0.15) is 41.4 Å². The second-order valence-corrected chi connectivity index (χ2v) is 11.6. The first-order valence-electron chi connectivity index (χ1n) is 13.3. The topological polar surface area (TPSA) is 150 Å². The molecule has 0 spiro atoms. The number of sulfonamides is 1. The quantitative estimate of drug-likeness (QED) is 0.216. The number of methoxy groups -OCH3 is 2. The monoisotopic (exact) mass is 641 g/mol. The first kappa shape index (κ1) is 31.2. The van der Waals surface area contributed by atoms with Gasteiger partial charge in [0.15, 0.2) is 17.2 Å². The van der Waals surface area contributed by atoms with Crippen LogP contribution in [0.5, 0.6) is 11.9 Å². The molecular formula is C29H26F3N7O5S. The van der Waals surface area contributed by atoms with Crippen LogP contribution >= 0.6 is 0 Å². The third kappa shape index (κ3) is 6.64. The van der Waals surface area contributed by atoms with Gasteiger partial charge in [-0.2, -0.15) is 28.2 Å². The SMILES string of the molecule is COc1cc(NS(=O)(=O)c2ccc(NC(=O)c3cnn4c(C(F)(F)F)cc(-c5ccc(C(C)C)cc5)nc34)cc2)nc(OC)n1. The predicted molar refractivity (Wildman–Crippen MR) is 158 cm³/mol. The third-order valence-electron chi connectivity index (χ3n) is 6.62. The summed E-state index contributed by atoms with van der Waals surface area (Å²) < 4.78 is 80.8. The third-order valence-corrected chi connectivity index (χ3v) is 7.99. The zero-order valence-electron chi connectivity index (χ0n) is 24.2. The molecule has 1 amide bonds. The highest BCUT2D eigenvalue weighted by Gasteiger charge is 2.36. The van der Waals surface area contributed by atoms with E-state index < -0.39 is 27.8 Å². The van der Waals surface area contributed by atoms with Gasteiger partial charge in [-0.05, 0) is 41.8 Å². The summed E-state index contributed by atoms with van der Waals surface area (Å²) in [6.07, 6.45) is -3.80.